The third-order valence-corrected chi connectivity index (χ3v) is 6.90. The summed E-state index contributed by atoms with van der Waals surface area (Å²) in [5.41, 5.74) is 5.36. The number of unbranched alkanes of at least 4 members (excludes halogenated alkanes) is 2. The average Bonchev–Trinajstić information content (AvgIpc) is 3.30. The van der Waals surface area contributed by atoms with Crippen LogP contribution in [0.3, 0.4) is 0 Å². The van der Waals surface area contributed by atoms with Crippen LogP contribution in [0.2, 0.25) is 0 Å². The number of hydrazone groups is 1. The number of carbonyl (C=O) groups excluding carboxylic acids is 1. The fourth-order valence-electron chi connectivity index (χ4n) is 5.11. The summed E-state index contributed by atoms with van der Waals surface area (Å²) in [4.78, 5) is 16.0. The van der Waals surface area contributed by atoms with Gasteiger partial charge in [0.15, 0.2) is 5.11 Å². The number of thiocarbonyl (C=S) groups is 1. The quantitative estimate of drug-likeness (QED) is 0.401. The van der Waals surface area contributed by atoms with E-state index in [1.54, 1.807) is 18.3 Å². The first-order valence-corrected chi connectivity index (χ1v) is 11.4. The lowest BCUT2D eigenvalue weighted by atomic mass is 9.81. The van der Waals surface area contributed by atoms with Crippen LogP contribution in [0, 0.1) is 11.3 Å². The number of ketones is 1. The maximum Gasteiger partial charge on any atom is 0.252 e. The van der Waals surface area contributed by atoms with Crippen molar-refractivity contribution in [3.05, 3.63) is 82.7 Å². The highest BCUT2D eigenvalue weighted by atomic mass is 32.1. The van der Waals surface area contributed by atoms with Crippen LogP contribution in [0.5, 0.6) is 0 Å². The normalized spacial score (nSPS) is 25.3. The second kappa shape index (κ2) is 7.71. The van der Waals surface area contributed by atoms with E-state index in [1.165, 1.54) is 5.01 Å². The number of ether oxygens (including phenoxy) is 1. The summed E-state index contributed by atoms with van der Waals surface area (Å²) >= 11 is 5.89. The van der Waals surface area contributed by atoms with Crippen LogP contribution in [0.25, 0.3) is 0 Å². The number of nitrogens with zero attached hydrogens (tertiary/aromatic N) is 4. The van der Waals surface area contributed by atoms with Crippen molar-refractivity contribution in [2.45, 2.75) is 44.0 Å². The van der Waals surface area contributed by atoms with Gasteiger partial charge < -0.3 is 10.5 Å². The topological polar surface area (TPSA) is 94.9 Å². The Balaban J connectivity index is 1.76. The number of fused-ring (bicyclic) bond motifs is 1. The van der Waals surface area contributed by atoms with E-state index in [0.29, 0.717) is 22.8 Å². The lowest BCUT2D eigenvalue weighted by Crippen LogP contribution is -2.57. The SMILES string of the molecule is CCCC/C=N/N1C(=S)N(Cc2ccccc2)[C@]23OC(N)=C(C#N)[C@]12C(=O)c1ccccc13. The van der Waals surface area contributed by atoms with E-state index in [-0.39, 0.29) is 17.2 Å². The van der Waals surface area contributed by atoms with Crippen molar-refractivity contribution < 1.29 is 9.53 Å². The molecule has 166 valence electrons. The Morgan fingerprint density at radius 3 is 2.67 bits per heavy atom. The standard InChI is InChI=1S/C25H23N5O2S/c1-2-3-9-14-28-30-23(33)29(16-17-10-5-4-6-11-17)25-19-13-8-7-12-18(19)21(31)24(25,30)20(15-26)22(27)32-25/h4-8,10-14H,2-3,9,16,27H2,1H3/b28-14+/t24-,25-/m1/s1. The summed E-state index contributed by atoms with van der Waals surface area (Å²) in [6, 6.07) is 19.2. The first-order valence-electron chi connectivity index (χ1n) is 11.0. The number of Topliss-reactive ketones (excluding diaryl/α,β-unsaturated/α-hetero) is 1. The van der Waals surface area contributed by atoms with Gasteiger partial charge in [-0.05, 0) is 30.6 Å². The molecule has 0 amide bonds. The molecule has 0 saturated carbocycles. The Bertz CT molecular complexity index is 1250. The number of nitriles is 1. The van der Waals surface area contributed by atoms with E-state index >= 15 is 0 Å². The Kier molecular flexibility index (Phi) is 4.94. The number of benzene rings is 2. The molecule has 2 aromatic rings. The minimum atomic E-state index is -1.61. The highest BCUT2D eigenvalue weighted by Gasteiger charge is 2.82. The monoisotopic (exact) mass is 457 g/mol. The van der Waals surface area contributed by atoms with Crippen molar-refractivity contribution >= 4 is 29.3 Å². The van der Waals surface area contributed by atoms with Crippen LogP contribution in [-0.2, 0) is 17.0 Å². The van der Waals surface area contributed by atoms with Crippen molar-refractivity contribution in [1.29, 1.82) is 5.26 Å². The van der Waals surface area contributed by atoms with Crippen molar-refractivity contribution in [2.75, 3.05) is 0 Å². The molecule has 0 aromatic heterocycles. The number of rotatable bonds is 6. The number of hydrogen-bond acceptors (Lipinski definition) is 6. The van der Waals surface area contributed by atoms with Crippen molar-refractivity contribution in [1.82, 2.24) is 9.91 Å². The van der Waals surface area contributed by atoms with E-state index < -0.39 is 11.3 Å². The van der Waals surface area contributed by atoms with Crippen LogP contribution in [0.1, 0.15) is 47.7 Å². The number of nitrogens with two attached hydrogens (primary N) is 1. The lowest BCUT2D eigenvalue weighted by Gasteiger charge is -2.38. The molecule has 1 saturated heterocycles. The predicted molar refractivity (Wildman–Crippen MR) is 128 cm³/mol. The van der Waals surface area contributed by atoms with E-state index in [1.807, 2.05) is 47.4 Å². The second-order valence-corrected chi connectivity index (χ2v) is 8.65. The lowest BCUT2D eigenvalue weighted by molar-refractivity contribution is -0.103. The van der Waals surface area contributed by atoms with Crippen LogP contribution in [-0.4, -0.2) is 32.6 Å². The zero-order valence-corrected chi connectivity index (χ0v) is 19.0. The molecule has 2 aliphatic heterocycles. The van der Waals surface area contributed by atoms with E-state index in [9.17, 15) is 10.1 Å². The average molecular weight is 458 g/mol. The first kappa shape index (κ1) is 21.2. The number of carbonyl (C=O) groups is 1. The van der Waals surface area contributed by atoms with Gasteiger partial charge in [0, 0.05) is 23.9 Å². The largest absolute Gasteiger partial charge is 0.444 e. The molecule has 33 heavy (non-hydrogen) atoms. The van der Waals surface area contributed by atoms with Gasteiger partial charge in [-0.2, -0.15) is 10.4 Å². The molecular formula is C25H23N5O2S. The van der Waals surface area contributed by atoms with Crippen LogP contribution in [0.15, 0.2) is 71.2 Å². The third-order valence-electron chi connectivity index (χ3n) is 6.51. The summed E-state index contributed by atoms with van der Waals surface area (Å²) < 4.78 is 6.34. The predicted octanol–water partition coefficient (Wildman–Crippen LogP) is 3.78. The van der Waals surface area contributed by atoms with Crippen LogP contribution >= 0.6 is 12.2 Å². The summed E-state index contributed by atoms with van der Waals surface area (Å²) in [6.45, 7) is 2.45. The van der Waals surface area contributed by atoms with E-state index in [0.717, 1.165) is 24.8 Å². The summed E-state index contributed by atoms with van der Waals surface area (Å²) in [5.74, 6) is -0.365. The molecule has 2 heterocycles. The van der Waals surface area contributed by atoms with Gasteiger partial charge in [0.25, 0.3) is 5.72 Å². The highest BCUT2D eigenvalue weighted by molar-refractivity contribution is 7.80. The van der Waals surface area contributed by atoms with E-state index in [4.69, 9.17) is 22.7 Å². The smallest absolute Gasteiger partial charge is 0.252 e. The molecule has 1 fully saturated rings. The molecule has 0 bridgehead atoms. The van der Waals surface area contributed by atoms with Gasteiger partial charge in [0.2, 0.25) is 17.2 Å². The molecule has 0 unspecified atom stereocenters. The molecule has 0 radical (unpaired) electrons. The molecular weight excluding hydrogens is 434 g/mol. The molecule has 8 heteroatoms. The zero-order chi connectivity index (χ0) is 23.2. The molecule has 1 aliphatic carbocycles. The highest BCUT2D eigenvalue weighted by Crippen LogP contribution is 2.64. The second-order valence-electron chi connectivity index (χ2n) is 8.29. The van der Waals surface area contributed by atoms with Gasteiger partial charge in [-0.3, -0.25) is 9.69 Å². The van der Waals surface area contributed by atoms with Crippen molar-refractivity contribution in [3.8, 4) is 6.07 Å². The van der Waals surface area contributed by atoms with Crippen LogP contribution in [0.4, 0.5) is 0 Å². The third kappa shape index (κ3) is 2.57. The fraction of sp³-hybridized carbons (Fsp3) is 0.280. The molecule has 3 aliphatic rings. The van der Waals surface area contributed by atoms with Gasteiger partial charge in [-0.25, -0.2) is 5.01 Å². The molecule has 0 spiro atoms. The summed E-state index contributed by atoms with van der Waals surface area (Å²) in [6.07, 6.45) is 4.43. The van der Waals surface area contributed by atoms with Gasteiger partial charge in [-0.15, -0.1) is 0 Å². The van der Waals surface area contributed by atoms with Gasteiger partial charge in [0.1, 0.15) is 11.6 Å². The molecule has 2 aromatic carbocycles. The van der Waals surface area contributed by atoms with Gasteiger partial charge in [0.05, 0.1) is 0 Å². The minimum Gasteiger partial charge on any atom is -0.444 e. The Hall–Kier alpha value is -3.70. The van der Waals surface area contributed by atoms with Crippen molar-refractivity contribution in [2.24, 2.45) is 10.8 Å². The van der Waals surface area contributed by atoms with Gasteiger partial charge in [-0.1, -0.05) is 67.9 Å². The summed E-state index contributed by atoms with van der Waals surface area (Å²) in [5, 5.41) is 16.6. The molecule has 7 nitrogen and oxygen atoms in total. The molecule has 2 atom stereocenters. The molecule has 5 rings (SSSR count). The Morgan fingerprint density at radius 2 is 1.94 bits per heavy atom. The summed E-state index contributed by atoms with van der Waals surface area (Å²) in [7, 11) is 0. The fourth-order valence-corrected chi connectivity index (χ4v) is 5.48. The molecule has 2 N–H and O–H groups in total. The Labute approximate surface area is 197 Å². The Morgan fingerprint density at radius 1 is 1.21 bits per heavy atom. The van der Waals surface area contributed by atoms with E-state index in [2.05, 4.69) is 18.1 Å². The first-order chi connectivity index (χ1) is 16.0. The minimum absolute atomic E-state index is 0.0363. The maximum absolute atomic E-state index is 14.1. The van der Waals surface area contributed by atoms with Gasteiger partial charge >= 0.3 is 0 Å². The van der Waals surface area contributed by atoms with Crippen LogP contribution < -0.4 is 5.73 Å². The number of hydrogen-bond donors (Lipinski definition) is 1. The maximum atomic E-state index is 14.1. The zero-order valence-electron chi connectivity index (χ0n) is 18.2. The van der Waals surface area contributed by atoms with Crippen molar-refractivity contribution in [3.63, 3.8) is 0 Å².